The minimum Gasteiger partial charge on any atom is -0.493 e. The van der Waals surface area contributed by atoms with Gasteiger partial charge >= 0.3 is 0 Å². The zero-order valence-electron chi connectivity index (χ0n) is 7.00. The van der Waals surface area contributed by atoms with E-state index in [-0.39, 0.29) is 12.3 Å². The molecule has 0 bridgehead atoms. The lowest BCUT2D eigenvalue weighted by molar-refractivity contribution is -0.118. The normalized spacial score (nSPS) is 9.62. The molecule has 1 aromatic rings. The molecule has 0 spiro atoms. The second-order valence-electron chi connectivity index (χ2n) is 2.52. The minimum atomic E-state index is -0.367. The van der Waals surface area contributed by atoms with Gasteiger partial charge in [-0.05, 0) is 24.3 Å². The molecule has 0 radical (unpaired) electrons. The number of hydrogen-bond acceptors (Lipinski definition) is 2. The van der Waals surface area contributed by atoms with Crippen LogP contribution in [0.3, 0.4) is 0 Å². The van der Waals surface area contributed by atoms with Crippen molar-refractivity contribution in [1.82, 2.24) is 0 Å². The summed E-state index contributed by atoms with van der Waals surface area (Å²) in [5.74, 6) is 0.319. The van der Waals surface area contributed by atoms with Gasteiger partial charge in [0.1, 0.15) is 5.75 Å². The first-order valence-corrected chi connectivity index (χ1v) is 4.23. The summed E-state index contributed by atoms with van der Waals surface area (Å²) < 4.78 is 5.21. The molecule has 0 heterocycles. The highest BCUT2D eigenvalue weighted by molar-refractivity contribution is 6.30. The quantitative estimate of drug-likeness (QED) is 0.801. The molecule has 3 nitrogen and oxygen atoms in total. The van der Waals surface area contributed by atoms with Crippen LogP contribution in [0.25, 0.3) is 0 Å². The molecule has 1 aromatic carbocycles. The van der Waals surface area contributed by atoms with E-state index in [0.717, 1.165) is 0 Å². The van der Waals surface area contributed by atoms with Gasteiger partial charge < -0.3 is 10.5 Å². The van der Waals surface area contributed by atoms with Crippen molar-refractivity contribution in [3.05, 3.63) is 29.3 Å². The number of hydrogen-bond donors (Lipinski definition) is 1. The standard InChI is InChI=1S/C9H10ClNO2/c10-7-1-3-8(4-2-7)13-6-5-9(11)12/h1-4H,5-6H2,(H2,11,12). The summed E-state index contributed by atoms with van der Waals surface area (Å²) in [4.78, 5) is 10.4. The van der Waals surface area contributed by atoms with Gasteiger partial charge in [-0.2, -0.15) is 0 Å². The average molecular weight is 200 g/mol. The molecule has 0 unspecified atom stereocenters. The first-order chi connectivity index (χ1) is 6.18. The molecule has 2 N–H and O–H groups in total. The zero-order valence-corrected chi connectivity index (χ0v) is 7.75. The van der Waals surface area contributed by atoms with Crippen molar-refractivity contribution < 1.29 is 9.53 Å². The van der Waals surface area contributed by atoms with Gasteiger partial charge in [-0.15, -0.1) is 0 Å². The maximum Gasteiger partial charge on any atom is 0.220 e. The molecule has 0 fully saturated rings. The Bertz CT molecular complexity index is 284. The van der Waals surface area contributed by atoms with Crippen molar-refractivity contribution >= 4 is 17.5 Å². The Morgan fingerprint density at radius 3 is 2.54 bits per heavy atom. The second kappa shape index (κ2) is 4.72. The topological polar surface area (TPSA) is 52.3 Å². The Kier molecular flexibility index (Phi) is 3.58. The number of primary amides is 1. The fourth-order valence-electron chi connectivity index (χ4n) is 0.800. The van der Waals surface area contributed by atoms with Crippen molar-refractivity contribution in [3.8, 4) is 5.75 Å². The van der Waals surface area contributed by atoms with Crippen LogP contribution in [0.1, 0.15) is 6.42 Å². The summed E-state index contributed by atoms with van der Waals surface area (Å²) in [5.41, 5.74) is 4.94. The van der Waals surface area contributed by atoms with Crippen LogP contribution in [0, 0.1) is 0 Å². The van der Waals surface area contributed by atoms with Crippen LogP contribution in [-0.2, 0) is 4.79 Å². The van der Waals surface area contributed by atoms with Gasteiger partial charge in [0.2, 0.25) is 5.91 Å². The number of ether oxygens (including phenoxy) is 1. The lowest BCUT2D eigenvalue weighted by atomic mass is 10.3. The molecule has 13 heavy (non-hydrogen) atoms. The fourth-order valence-corrected chi connectivity index (χ4v) is 0.926. The van der Waals surface area contributed by atoms with Gasteiger partial charge in [-0.1, -0.05) is 11.6 Å². The molecule has 0 atom stereocenters. The third kappa shape index (κ3) is 3.80. The smallest absolute Gasteiger partial charge is 0.220 e. The Labute approximate surface area is 81.4 Å². The average Bonchev–Trinajstić information content (AvgIpc) is 2.08. The lowest BCUT2D eigenvalue weighted by Crippen LogP contribution is -2.14. The van der Waals surface area contributed by atoms with Crippen molar-refractivity contribution in [2.45, 2.75) is 6.42 Å². The molecular formula is C9H10ClNO2. The highest BCUT2D eigenvalue weighted by Crippen LogP contribution is 2.15. The molecule has 0 aromatic heterocycles. The number of carbonyl (C=O) groups is 1. The van der Waals surface area contributed by atoms with Gasteiger partial charge in [0.25, 0.3) is 0 Å². The van der Waals surface area contributed by atoms with E-state index in [1.165, 1.54) is 0 Å². The molecule has 1 rings (SSSR count). The Morgan fingerprint density at radius 2 is 2.00 bits per heavy atom. The Balaban J connectivity index is 2.37. The third-order valence-corrected chi connectivity index (χ3v) is 1.68. The highest BCUT2D eigenvalue weighted by atomic mass is 35.5. The van der Waals surface area contributed by atoms with E-state index in [9.17, 15) is 4.79 Å². The largest absolute Gasteiger partial charge is 0.493 e. The first-order valence-electron chi connectivity index (χ1n) is 3.85. The number of amides is 1. The van der Waals surface area contributed by atoms with E-state index < -0.39 is 0 Å². The molecule has 1 amide bonds. The van der Waals surface area contributed by atoms with E-state index in [0.29, 0.717) is 17.4 Å². The third-order valence-electron chi connectivity index (χ3n) is 1.43. The first kappa shape index (κ1) is 9.86. The summed E-state index contributed by atoms with van der Waals surface area (Å²) in [7, 11) is 0. The van der Waals surface area contributed by atoms with Crippen molar-refractivity contribution in [2.24, 2.45) is 5.73 Å². The minimum absolute atomic E-state index is 0.225. The SMILES string of the molecule is NC(=O)CCOc1ccc(Cl)cc1. The van der Waals surface area contributed by atoms with E-state index in [1.54, 1.807) is 24.3 Å². The van der Waals surface area contributed by atoms with Crippen LogP contribution in [0.5, 0.6) is 5.75 Å². The number of nitrogens with two attached hydrogens (primary N) is 1. The summed E-state index contributed by atoms with van der Waals surface area (Å²) in [6.45, 7) is 0.303. The summed E-state index contributed by atoms with van der Waals surface area (Å²) in [6.07, 6.45) is 0.225. The number of halogens is 1. The molecule has 0 aliphatic heterocycles. The fraction of sp³-hybridized carbons (Fsp3) is 0.222. The predicted octanol–water partition coefficient (Wildman–Crippen LogP) is 1.59. The van der Waals surface area contributed by atoms with Crippen LogP contribution in [0.4, 0.5) is 0 Å². The Hall–Kier alpha value is -1.22. The predicted molar refractivity (Wildman–Crippen MR) is 50.8 cm³/mol. The van der Waals surface area contributed by atoms with Gasteiger partial charge in [0.15, 0.2) is 0 Å². The van der Waals surface area contributed by atoms with Crippen molar-refractivity contribution in [3.63, 3.8) is 0 Å². The summed E-state index contributed by atoms with van der Waals surface area (Å²) in [6, 6.07) is 6.93. The van der Waals surface area contributed by atoms with Crippen LogP contribution in [0.2, 0.25) is 5.02 Å². The molecule has 0 saturated heterocycles. The van der Waals surface area contributed by atoms with E-state index >= 15 is 0 Å². The summed E-state index contributed by atoms with van der Waals surface area (Å²) >= 11 is 5.67. The summed E-state index contributed by atoms with van der Waals surface area (Å²) in [5, 5.41) is 0.655. The molecule has 0 aliphatic carbocycles. The number of carbonyl (C=O) groups excluding carboxylic acids is 1. The van der Waals surface area contributed by atoms with Crippen molar-refractivity contribution in [1.29, 1.82) is 0 Å². The molecular weight excluding hydrogens is 190 g/mol. The van der Waals surface area contributed by atoms with Gasteiger partial charge in [-0.3, -0.25) is 4.79 Å². The maximum atomic E-state index is 10.4. The van der Waals surface area contributed by atoms with Crippen LogP contribution < -0.4 is 10.5 Å². The second-order valence-corrected chi connectivity index (χ2v) is 2.96. The van der Waals surface area contributed by atoms with E-state index in [2.05, 4.69) is 0 Å². The molecule has 0 aliphatic rings. The van der Waals surface area contributed by atoms with E-state index in [4.69, 9.17) is 22.1 Å². The van der Waals surface area contributed by atoms with Gasteiger partial charge in [-0.25, -0.2) is 0 Å². The number of rotatable bonds is 4. The molecule has 0 saturated carbocycles. The number of benzene rings is 1. The van der Waals surface area contributed by atoms with Crippen LogP contribution in [0.15, 0.2) is 24.3 Å². The molecule has 70 valence electrons. The van der Waals surface area contributed by atoms with Crippen LogP contribution >= 0.6 is 11.6 Å². The maximum absolute atomic E-state index is 10.4. The van der Waals surface area contributed by atoms with Gasteiger partial charge in [0.05, 0.1) is 13.0 Å². The van der Waals surface area contributed by atoms with E-state index in [1.807, 2.05) is 0 Å². The molecule has 4 heteroatoms. The van der Waals surface area contributed by atoms with Crippen LogP contribution in [-0.4, -0.2) is 12.5 Å². The van der Waals surface area contributed by atoms with Gasteiger partial charge in [0, 0.05) is 5.02 Å². The lowest BCUT2D eigenvalue weighted by Gasteiger charge is -2.03. The monoisotopic (exact) mass is 199 g/mol. The Morgan fingerprint density at radius 1 is 1.38 bits per heavy atom. The zero-order chi connectivity index (χ0) is 9.68. The van der Waals surface area contributed by atoms with Crippen molar-refractivity contribution in [2.75, 3.05) is 6.61 Å². The highest BCUT2D eigenvalue weighted by Gasteiger charge is 1.96.